The second-order valence-electron chi connectivity index (χ2n) is 5.38. The molecule has 2 N–H and O–H groups in total. The molecule has 0 saturated heterocycles. The van der Waals surface area contributed by atoms with Gasteiger partial charge in [0.05, 0.1) is 15.1 Å². The lowest BCUT2D eigenvalue weighted by molar-refractivity contribution is -0.111. The van der Waals surface area contributed by atoms with Crippen molar-refractivity contribution in [2.45, 2.75) is 11.8 Å². The fraction of sp³-hybridized carbons (Fsp3) is 0.111. The number of rotatable bonds is 6. The summed E-state index contributed by atoms with van der Waals surface area (Å²) in [4.78, 5) is 16.5. The molecule has 0 aliphatic rings. The maximum Gasteiger partial charge on any atom is 0.250 e. The average Bonchev–Trinajstić information content (AvgIpc) is 3.02. The van der Waals surface area contributed by atoms with Gasteiger partial charge in [-0.25, -0.2) is 18.1 Å². The second-order valence-corrected chi connectivity index (χ2v) is 8.18. The summed E-state index contributed by atoms with van der Waals surface area (Å²) in [6.07, 6.45) is 3.15. The Bertz CT molecular complexity index is 1060. The van der Waals surface area contributed by atoms with Gasteiger partial charge in [-0.2, -0.15) is 0 Å². The topological polar surface area (TPSA) is 88.2 Å². The van der Waals surface area contributed by atoms with Crippen molar-refractivity contribution in [1.82, 2.24) is 9.71 Å². The van der Waals surface area contributed by atoms with E-state index in [2.05, 4.69) is 15.0 Å². The van der Waals surface area contributed by atoms with Gasteiger partial charge in [-0.15, -0.1) is 0 Å². The molecule has 0 fully saturated rings. The van der Waals surface area contributed by atoms with Gasteiger partial charge in [-0.3, -0.25) is 10.1 Å². The first-order valence-electron chi connectivity index (χ1n) is 7.92. The van der Waals surface area contributed by atoms with E-state index in [0.29, 0.717) is 21.9 Å². The Morgan fingerprint density at radius 2 is 1.96 bits per heavy atom. The van der Waals surface area contributed by atoms with E-state index in [1.54, 1.807) is 25.1 Å². The van der Waals surface area contributed by atoms with Crippen LogP contribution in [0.1, 0.15) is 12.5 Å². The predicted octanol–water partition coefficient (Wildman–Crippen LogP) is 3.25. The Morgan fingerprint density at radius 1 is 1.19 bits per heavy atom. The lowest BCUT2D eigenvalue weighted by atomic mass is 10.2. The summed E-state index contributed by atoms with van der Waals surface area (Å²) in [5, 5.41) is 3.12. The third kappa shape index (κ3) is 4.34. The molecule has 1 heterocycles. The maximum atomic E-state index is 12.1. The number of amides is 1. The van der Waals surface area contributed by atoms with Gasteiger partial charge < -0.3 is 0 Å². The smallest absolute Gasteiger partial charge is 0.250 e. The van der Waals surface area contributed by atoms with E-state index in [1.807, 2.05) is 30.3 Å². The van der Waals surface area contributed by atoms with Gasteiger partial charge in [0.1, 0.15) is 0 Å². The highest BCUT2D eigenvalue weighted by atomic mass is 32.2. The number of aromatic nitrogens is 1. The van der Waals surface area contributed by atoms with E-state index in [9.17, 15) is 13.2 Å². The molecule has 1 aromatic heterocycles. The number of hydrogen-bond donors (Lipinski definition) is 2. The second kappa shape index (κ2) is 7.77. The predicted molar refractivity (Wildman–Crippen MR) is 105 cm³/mol. The number of sulfonamides is 1. The van der Waals surface area contributed by atoms with Crippen LogP contribution in [0.15, 0.2) is 59.5 Å². The van der Waals surface area contributed by atoms with Crippen molar-refractivity contribution in [3.8, 4) is 0 Å². The first kappa shape index (κ1) is 18.2. The van der Waals surface area contributed by atoms with Crippen LogP contribution in [0.3, 0.4) is 0 Å². The number of carbonyl (C=O) groups is 1. The van der Waals surface area contributed by atoms with Gasteiger partial charge in [0.15, 0.2) is 5.13 Å². The van der Waals surface area contributed by atoms with E-state index in [-0.39, 0.29) is 10.8 Å². The Kier molecular flexibility index (Phi) is 5.46. The monoisotopic (exact) mass is 387 g/mol. The molecule has 0 saturated carbocycles. The van der Waals surface area contributed by atoms with Gasteiger partial charge in [0.2, 0.25) is 15.9 Å². The number of thiazole rings is 1. The van der Waals surface area contributed by atoms with Crippen LogP contribution in [-0.2, 0) is 14.8 Å². The summed E-state index contributed by atoms with van der Waals surface area (Å²) < 4.78 is 27.3. The van der Waals surface area contributed by atoms with Crippen LogP contribution in [-0.4, -0.2) is 25.9 Å². The minimum Gasteiger partial charge on any atom is -0.298 e. The highest BCUT2D eigenvalue weighted by Crippen LogP contribution is 2.28. The molecular weight excluding hydrogens is 370 g/mol. The highest BCUT2D eigenvalue weighted by Gasteiger charge is 2.15. The molecule has 134 valence electrons. The van der Waals surface area contributed by atoms with Crippen LogP contribution < -0.4 is 10.0 Å². The third-order valence-corrected chi connectivity index (χ3v) is 5.94. The van der Waals surface area contributed by atoms with Crippen molar-refractivity contribution in [2.24, 2.45) is 0 Å². The number of benzene rings is 2. The normalized spacial score (nSPS) is 11.9. The summed E-state index contributed by atoms with van der Waals surface area (Å²) in [7, 11) is -3.52. The largest absolute Gasteiger partial charge is 0.298 e. The van der Waals surface area contributed by atoms with Gasteiger partial charge in [-0.05, 0) is 29.8 Å². The Morgan fingerprint density at radius 3 is 2.69 bits per heavy atom. The lowest BCUT2D eigenvalue weighted by Crippen LogP contribution is -2.22. The maximum absolute atomic E-state index is 12.1. The quantitative estimate of drug-likeness (QED) is 0.636. The Balaban J connectivity index is 1.77. The molecule has 0 unspecified atom stereocenters. The summed E-state index contributed by atoms with van der Waals surface area (Å²) in [6, 6.07) is 14.2. The fourth-order valence-corrected chi connectivity index (χ4v) is 4.33. The first-order chi connectivity index (χ1) is 12.5. The fourth-order valence-electron chi connectivity index (χ4n) is 2.28. The summed E-state index contributed by atoms with van der Waals surface area (Å²) >= 11 is 1.23. The standard InChI is InChI=1S/C18H17N3O3S2/c1-2-19-26(23,24)14-9-10-15-16(12-14)25-18(20-15)21-17(22)11-8-13-6-4-3-5-7-13/h3-12,19H,2H2,1H3,(H,20,21,22)/b11-8+. The summed E-state index contributed by atoms with van der Waals surface area (Å²) in [5.74, 6) is -0.298. The van der Waals surface area contributed by atoms with E-state index in [4.69, 9.17) is 0 Å². The molecule has 0 atom stereocenters. The van der Waals surface area contributed by atoms with Crippen molar-refractivity contribution in [3.63, 3.8) is 0 Å². The molecule has 0 aliphatic heterocycles. The minimum absolute atomic E-state index is 0.178. The molecule has 0 bridgehead atoms. The van der Waals surface area contributed by atoms with E-state index in [1.165, 1.54) is 23.5 Å². The molecule has 1 amide bonds. The first-order valence-corrected chi connectivity index (χ1v) is 10.2. The molecule has 3 rings (SSSR count). The molecule has 26 heavy (non-hydrogen) atoms. The van der Waals surface area contributed by atoms with E-state index >= 15 is 0 Å². The van der Waals surface area contributed by atoms with Crippen LogP contribution in [0.5, 0.6) is 0 Å². The number of nitrogens with one attached hydrogen (secondary N) is 2. The van der Waals surface area contributed by atoms with Crippen LogP contribution in [0.4, 0.5) is 5.13 Å². The van der Waals surface area contributed by atoms with Gasteiger partial charge >= 0.3 is 0 Å². The SMILES string of the molecule is CCNS(=O)(=O)c1ccc2nc(NC(=O)/C=C/c3ccccc3)sc2c1. The molecular formula is C18H17N3O3S2. The van der Waals surface area contributed by atoms with Crippen molar-refractivity contribution >= 4 is 48.7 Å². The zero-order chi connectivity index (χ0) is 18.6. The number of carbonyl (C=O) groups excluding carboxylic acids is 1. The molecule has 6 nitrogen and oxygen atoms in total. The van der Waals surface area contributed by atoms with Gasteiger partial charge in [-0.1, -0.05) is 48.6 Å². The lowest BCUT2D eigenvalue weighted by Gasteiger charge is -2.03. The van der Waals surface area contributed by atoms with Crippen molar-refractivity contribution in [2.75, 3.05) is 11.9 Å². The van der Waals surface area contributed by atoms with Crippen LogP contribution in [0, 0.1) is 0 Å². The van der Waals surface area contributed by atoms with Crippen molar-refractivity contribution < 1.29 is 13.2 Å². The van der Waals surface area contributed by atoms with Crippen LogP contribution >= 0.6 is 11.3 Å². The molecule has 8 heteroatoms. The zero-order valence-corrected chi connectivity index (χ0v) is 15.6. The Hall–Kier alpha value is -2.55. The summed E-state index contributed by atoms with van der Waals surface area (Å²) in [6.45, 7) is 2.04. The third-order valence-electron chi connectivity index (χ3n) is 3.46. The van der Waals surface area contributed by atoms with Crippen LogP contribution in [0.25, 0.3) is 16.3 Å². The van der Waals surface area contributed by atoms with E-state index < -0.39 is 10.0 Å². The minimum atomic E-state index is -3.52. The molecule has 3 aromatic rings. The van der Waals surface area contributed by atoms with Crippen molar-refractivity contribution in [3.05, 3.63) is 60.2 Å². The van der Waals surface area contributed by atoms with E-state index in [0.717, 1.165) is 5.56 Å². The molecule has 0 aliphatic carbocycles. The zero-order valence-electron chi connectivity index (χ0n) is 14.0. The number of hydrogen-bond acceptors (Lipinski definition) is 5. The molecule has 0 spiro atoms. The van der Waals surface area contributed by atoms with Gasteiger partial charge in [0.25, 0.3) is 0 Å². The highest BCUT2D eigenvalue weighted by molar-refractivity contribution is 7.89. The Labute approximate surface area is 155 Å². The number of fused-ring (bicyclic) bond motifs is 1. The molecule has 2 aromatic carbocycles. The van der Waals surface area contributed by atoms with Crippen molar-refractivity contribution in [1.29, 1.82) is 0 Å². The number of anilines is 1. The molecule has 0 radical (unpaired) electrons. The van der Waals surface area contributed by atoms with Gasteiger partial charge in [0, 0.05) is 12.6 Å². The summed E-state index contributed by atoms with van der Waals surface area (Å²) in [5.41, 5.74) is 1.55. The average molecular weight is 387 g/mol. The number of nitrogens with zero attached hydrogens (tertiary/aromatic N) is 1. The van der Waals surface area contributed by atoms with Crippen LogP contribution in [0.2, 0.25) is 0 Å².